The smallest absolute Gasteiger partial charge is 0.274 e. The van der Waals surface area contributed by atoms with E-state index in [9.17, 15) is 4.79 Å². The van der Waals surface area contributed by atoms with Gasteiger partial charge in [0.15, 0.2) is 5.65 Å². The second-order valence-electron chi connectivity index (χ2n) is 7.89. The van der Waals surface area contributed by atoms with Crippen LogP contribution >= 0.6 is 0 Å². The number of amides is 1. The Hall–Kier alpha value is -2.90. The van der Waals surface area contributed by atoms with E-state index in [0.717, 1.165) is 37.3 Å². The zero-order chi connectivity index (χ0) is 19.1. The van der Waals surface area contributed by atoms with Crippen molar-refractivity contribution in [2.45, 2.75) is 31.6 Å². The molecule has 0 N–H and O–H groups in total. The molecule has 8 heteroatoms. The highest BCUT2D eigenvalue weighted by Gasteiger charge is 2.27. The van der Waals surface area contributed by atoms with E-state index >= 15 is 0 Å². The Morgan fingerprint density at radius 2 is 2.00 bits per heavy atom. The van der Waals surface area contributed by atoms with Crippen molar-refractivity contribution in [3.8, 4) is 5.88 Å². The van der Waals surface area contributed by atoms with Gasteiger partial charge in [-0.1, -0.05) is 0 Å². The Kier molecular flexibility index (Phi) is 4.26. The maximum absolute atomic E-state index is 12.5. The van der Waals surface area contributed by atoms with Crippen molar-refractivity contribution in [2.24, 2.45) is 13.0 Å². The quantitative estimate of drug-likeness (QED) is 0.679. The van der Waals surface area contributed by atoms with Gasteiger partial charge in [-0.3, -0.25) is 4.79 Å². The lowest BCUT2D eigenvalue weighted by Crippen LogP contribution is -2.39. The second kappa shape index (κ2) is 6.92. The van der Waals surface area contributed by atoms with Crippen molar-refractivity contribution >= 4 is 11.6 Å². The third-order valence-electron chi connectivity index (χ3n) is 5.60. The van der Waals surface area contributed by atoms with E-state index in [4.69, 9.17) is 4.74 Å². The lowest BCUT2D eigenvalue weighted by atomic mass is 9.97. The number of carbonyl (C=O) groups excluding carboxylic acids is 1. The largest absolute Gasteiger partial charge is 0.476 e. The van der Waals surface area contributed by atoms with Crippen LogP contribution in [0.1, 0.15) is 47.8 Å². The highest BCUT2D eigenvalue weighted by Crippen LogP contribution is 2.39. The van der Waals surface area contributed by atoms with E-state index in [1.54, 1.807) is 17.1 Å². The third-order valence-corrected chi connectivity index (χ3v) is 5.60. The summed E-state index contributed by atoms with van der Waals surface area (Å²) in [4.78, 5) is 23.1. The lowest BCUT2D eigenvalue weighted by molar-refractivity contribution is 0.0653. The molecule has 0 aromatic carbocycles. The van der Waals surface area contributed by atoms with Gasteiger partial charge < -0.3 is 14.2 Å². The molecule has 1 amide bonds. The first kappa shape index (κ1) is 17.2. The van der Waals surface area contributed by atoms with Crippen LogP contribution in [0.25, 0.3) is 5.65 Å². The standard InChI is InChI=1S/C20H24N6O2/c1-24-10-17(21-13-24)20(27)25-8-6-14(7-9-25)12-28-19-5-4-18-22-16(15-2-3-15)11-26(18)23-19/h4-5,10-11,13-15H,2-3,6-9,12H2,1H3. The molecular weight excluding hydrogens is 356 g/mol. The fraction of sp³-hybridized carbons (Fsp3) is 0.500. The Morgan fingerprint density at radius 3 is 2.71 bits per heavy atom. The number of piperidine rings is 1. The van der Waals surface area contributed by atoms with Crippen LogP contribution in [0.15, 0.2) is 30.9 Å². The van der Waals surface area contributed by atoms with Crippen molar-refractivity contribution in [3.05, 3.63) is 42.2 Å². The molecule has 0 atom stereocenters. The summed E-state index contributed by atoms with van der Waals surface area (Å²) < 4.78 is 9.56. The molecule has 5 rings (SSSR count). The molecule has 146 valence electrons. The van der Waals surface area contributed by atoms with E-state index in [1.807, 2.05) is 34.8 Å². The van der Waals surface area contributed by atoms with Crippen LogP contribution in [0, 0.1) is 5.92 Å². The fourth-order valence-electron chi connectivity index (χ4n) is 3.73. The highest BCUT2D eigenvalue weighted by molar-refractivity contribution is 5.92. The number of imidazole rings is 2. The predicted molar refractivity (Wildman–Crippen MR) is 102 cm³/mol. The van der Waals surface area contributed by atoms with E-state index in [2.05, 4.69) is 15.1 Å². The summed E-state index contributed by atoms with van der Waals surface area (Å²) in [6.45, 7) is 2.10. The van der Waals surface area contributed by atoms with Gasteiger partial charge in [0.05, 0.1) is 24.8 Å². The molecule has 1 aliphatic carbocycles. The summed E-state index contributed by atoms with van der Waals surface area (Å²) in [5.74, 6) is 1.68. The molecule has 1 aliphatic heterocycles. The molecule has 1 saturated heterocycles. The van der Waals surface area contributed by atoms with Gasteiger partial charge in [0.1, 0.15) is 5.69 Å². The van der Waals surface area contributed by atoms with Crippen LogP contribution in [0.5, 0.6) is 5.88 Å². The van der Waals surface area contributed by atoms with Gasteiger partial charge in [-0.05, 0) is 37.7 Å². The Morgan fingerprint density at radius 1 is 1.18 bits per heavy atom. The predicted octanol–water partition coefficient (Wildman–Crippen LogP) is 2.27. The summed E-state index contributed by atoms with van der Waals surface area (Å²) in [6.07, 6.45) is 9.76. The summed E-state index contributed by atoms with van der Waals surface area (Å²) in [5.41, 5.74) is 2.52. The number of aryl methyl sites for hydroxylation is 1. The second-order valence-corrected chi connectivity index (χ2v) is 7.89. The molecule has 2 fully saturated rings. The van der Waals surface area contributed by atoms with Crippen molar-refractivity contribution in [1.82, 2.24) is 29.0 Å². The van der Waals surface area contributed by atoms with Crippen LogP contribution in [-0.2, 0) is 7.05 Å². The van der Waals surface area contributed by atoms with Crippen molar-refractivity contribution in [3.63, 3.8) is 0 Å². The number of carbonyl (C=O) groups is 1. The number of hydrogen-bond donors (Lipinski definition) is 0. The zero-order valence-electron chi connectivity index (χ0n) is 16.0. The van der Waals surface area contributed by atoms with Gasteiger partial charge in [0, 0.05) is 38.3 Å². The first-order valence-corrected chi connectivity index (χ1v) is 9.92. The zero-order valence-corrected chi connectivity index (χ0v) is 16.0. The van der Waals surface area contributed by atoms with Crippen LogP contribution < -0.4 is 4.74 Å². The van der Waals surface area contributed by atoms with Gasteiger partial charge in [-0.25, -0.2) is 14.5 Å². The van der Waals surface area contributed by atoms with Crippen molar-refractivity contribution < 1.29 is 9.53 Å². The van der Waals surface area contributed by atoms with E-state index < -0.39 is 0 Å². The first-order valence-electron chi connectivity index (χ1n) is 9.92. The molecule has 28 heavy (non-hydrogen) atoms. The molecule has 3 aromatic rings. The molecule has 0 bridgehead atoms. The Bertz CT molecular complexity index is 997. The van der Waals surface area contributed by atoms with E-state index in [1.165, 1.54) is 12.8 Å². The number of likely N-dealkylation sites (tertiary alicyclic amines) is 1. The Labute approximate surface area is 163 Å². The first-order chi connectivity index (χ1) is 13.7. The number of nitrogens with zero attached hydrogens (tertiary/aromatic N) is 6. The minimum absolute atomic E-state index is 0.0126. The summed E-state index contributed by atoms with van der Waals surface area (Å²) >= 11 is 0. The number of aromatic nitrogens is 5. The molecule has 8 nitrogen and oxygen atoms in total. The molecule has 0 radical (unpaired) electrons. The number of fused-ring (bicyclic) bond motifs is 1. The van der Waals surface area contributed by atoms with Crippen LogP contribution in [0.2, 0.25) is 0 Å². The van der Waals surface area contributed by atoms with Gasteiger partial charge in [-0.15, -0.1) is 5.10 Å². The normalized spacial score (nSPS) is 18.0. The molecule has 2 aliphatic rings. The third kappa shape index (κ3) is 3.46. The van der Waals surface area contributed by atoms with Crippen molar-refractivity contribution in [2.75, 3.05) is 19.7 Å². The maximum atomic E-state index is 12.5. The topological polar surface area (TPSA) is 77.5 Å². The number of hydrogen-bond acceptors (Lipinski definition) is 5. The van der Waals surface area contributed by atoms with Crippen LogP contribution in [-0.4, -0.2) is 54.7 Å². The molecule has 3 aromatic heterocycles. The molecule has 4 heterocycles. The van der Waals surface area contributed by atoms with Gasteiger partial charge in [0.2, 0.25) is 5.88 Å². The van der Waals surface area contributed by atoms with E-state index in [-0.39, 0.29) is 5.91 Å². The highest BCUT2D eigenvalue weighted by atomic mass is 16.5. The van der Waals surface area contributed by atoms with Crippen molar-refractivity contribution in [1.29, 1.82) is 0 Å². The molecule has 0 spiro atoms. The minimum Gasteiger partial charge on any atom is -0.476 e. The average molecular weight is 380 g/mol. The van der Waals surface area contributed by atoms with Crippen LogP contribution in [0.3, 0.4) is 0 Å². The molecule has 0 unspecified atom stereocenters. The monoisotopic (exact) mass is 380 g/mol. The minimum atomic E-state index is 0.0126. The van der Waals surface area contributed by atoms with Gasteiger partial charge in [-0.2, -0.15) is 0 Å². The van der Waals surface area contributed by atoms with Gasteiger partial charge >= 0.3 is 0 Å². The Balaban J connectivity index is 1.15. The maximum Gasteiger partial charge on any atom is 0.274 e. The summed E-state index contributed by atoms with van der Waals surface area (Å²) in [5, 5.41) is 4.53. The summed E-state index contributed by atoms with van der Waals surface area (Å²) in [6, 6.07) is 3.85. The number of rotatable bonds is 5. The molecular formula is C20H24N6O2. The van der Waals surface area contributed by atoms with Crippen LogP contribution in [0.4, 0.5) is 0 Å². The van der Waals surface area contributed by atoms with E-state index in [0.29, 0.717) is 30.0 Å². The molecule has 1 saturated carbocycles. The summed E-state index contributed by atoms with van der Waals surface area (Å²) in [7, 11) is 1.87. The average Bonchev–Trinajstić information content (AvgIpc) is 3.34. The fourth-order valence-corrected chi connectivity index (χ4v) is 3.73. The lowest BCUT2D eigenvalue weighted by Gasteiger charge is -2.31. The van der Waals surface area contributed by atoms with Gasteiger partial charge in [0.25, 0.3) is 5.91 Å². The number of ether oxygens (including phenoxy) is 1. The SMILES string of the molecule is Cn1cnc(C(=O)N2CCC(COc3ccc4nc(C5CC5)cn4n3)CC2)c1.